The number of amides is 1. The van der Waals surface area contributed by atoms with Crippen LogP contribution in [0.3, 0.4) is 0 Å². The summed E-state index contributed by atoms with van der Waals surface area (Å²) >= 11 is 0. The third kappa shape index (κ3) is 3.43. The van der Waals surface area contributed by atoms with Crippen molar-refractivity contribution < 1.29 is 19.1 Å². The van der Waals surface area contributed by atoms with Crippen molar-refractivity contribution in [2.24, 2.45) is 4.99 Å². The minimum atomic E-state index is -0.371. The van der Waals surface area contributed by atoms with Crippen molar-refractivity contribution in [3.63, 3.8) is 0 Å². The zero-order valence-corrected chi connectivity index (χ0v) is 17.9. The molecule has 7 heteroatoms. The van der Waals surface area contributed by atoms with Gasteiger partial charge in [0.25, 0.3) is 6.47 Å². The zero-order chi connectivity index (χ0) is 22.1. The van der Waals surface area contributed by atoms with Gasteiger partial charge < -0.3 is 14.4 Å². The highest BCUT2D eigenvalue weighted by Gasteiger charge is 2.42. The highest BCUT2D eigenvalue weighted by Crippen LogP contribution is 2.52. The molecule has 3 aliphatic rings. The molecule has 1 aliphatic carbocycles. The van der Waals surface area contributed by atoms with Crippen molar-refractivity contribution in [2.45, 2.75) is 38.1 Å². The molecule has 2 heterocycles. The molecule has 0 N–H and O–H groups in total. The van der Waals surface area contributed by atoms with Crippen LogP contribution in [0.2, 0.25) is 0 Å². The lowest BCUT2D eigenvalue weighted by molar-refractivity contribution is -0.135. The fraction of sp³-hybridized carbons (Fsp3) is 0.320. The van der Waals surface area contributed by atoms with E-state index in [0.29, 0.717) is 25.0 Å². The van der Waals surface area contributed by atoms with Crippen LogP contribution in [0.1, 0.15) is 43.2 Å². The Labute approximate surface area is 186 Å². The van der Waals surface area contributed by atoms with Crippen LogP contribution in [-0.4, -0.2) is 42.6 Å². The number of nitrogens with zero attached hydrogens (tertiary/aromatic N) is 3. The zero-order valence-electron chi connectivity index (χ0n) is 17.9. The SMILES string of the molecule is CCN=C1O/C(=C/c2ccc3c(c2)C2CCCC2N3c2ccccc2)C(=O)N1COC=O. The number of carbonyl (C=O) groups excluding carboxylic acids is 2. The summed E-state index contributed by atoms with van der Waals surface area (Å²) in [6, 6.07) is 17.5. The van der Waals surface area contributed by atoms with Crippen molar-refractivity contribution in [1.29, 1.82) is 0 Å². The Hall–Kier alpha value is -3.61. The average molecular weight is 431 g/mol. The minimum Gasteiger partial charge on any atom is -0.446 e. The largest absolute Gasteiger partial charge is 0.446 e. The molecule has 2 fully saturated rings. The van der Waals surface area contributed by atoms with Gasteiger partial charge in [-0.15, -0.1) is 0 Å². The first-order valence-electron chi connectivity index (χ1n) is 11.0. The Morgan fingerprint density at radius 1 is 1.19 bits per heavy atom. The predicted molar refractivity (Wildman–Crippen MR) is 121 cm³/mol. The third-order valence-electron chi connectivity index (χ3n) is 6.31. The molecule has 2 atom stereocenters. The lowest BCUT2D eigenvalue weighted by Crippen LogP contribution is -2.32. The van der Waals surface area contributed by atoms with E-state index in [9.17, 15) is 9.59 Å². The van der Waals surface area contributed by atoms with E-state index >= 15 is 0 Å². The van der Waals surface area contributed by atoms with Gasteiger partial charge in [-0.25, -0.2) is 9.89 Å². The standard InChI is InChI=1S/C25H25N3O4/c1-2-26-25-27(15-31-16-29)24(30)23(32-25)14-17-11-12-22-20(13-17)19-9-6-10-21(19)28(22)18-7-4-3-5-8-18/h3-5,7-8,11-14,16,19,21H,2,6,9-10,15H2,1H3/b23-14+,26-25?. The Morgan fingerprint density at radius 3 is 2.81 bits per heavy atom. The number of anilines is 2. The normalized spacial score (nSPS) is 24.1. The van der Waals surface area contributed by atoms with Crippen molar-refractivity contribution in [2.75, 3.05) is 18.2 Å². The maximum absolute atomic E-state index is 12.8. The number of rotatable bonds is 6. The van der Waals surface area contributed by atoms with Gasteiger partial charge in [0.2, 0.25) is 0 Å². The number of hydrogen-bond donors (Lipinski definition) is 0. The average Bonchev–Trinajstić information content (AvgIpc) is 3.47. The van der Waals surface area contributed by atoms with Crippen molar-refractivity contribution in [1.82, 2.24) is 4.90 Å². The van der Waals surface area contributed by atoms with Gasteiger partial charge >= 0.3 is 11.9 Å². The van der Waals surface area contributed by atoms with Crippen LogP contribution in [0.5, 0.6) is 0 Å². The predicted octanol–water partition coefficient (Wildman–Crippen LogP) is 4.18. The van der Waals surface area contributed by atoms with Gasteiger partial charge in [-0.2, -0.15) is 0 Å². The Kier molecular flexibility index (Phi) is 5.39. The van der Waals surface area contributed by atoms with E-state index in [-0.39, 0.29) is 24.4 Å². The smallest absolute Gasteiger partial charge is 0.303 e. The van der Waals surface area contributed by atoms with Crippen LogP contribution in [0.25, 0.3) is 6.08 Å². The number of fused-ring (bicyclic) bond motifs is 3. The summed E-state index contributed by atoms with van der Waals surface area (Å²) in [7, 11) is 0. The van der Waals surface area contributed by atoms with Crippen LogP contribution in [-0.2, 0) is 19.1 Å². The molecule has 1 amide bonds. The second-order valence-electron chi connectivity index (χ2n) is 8.12. The van der Waals surface area contributed by atoms with Gasteiger partial charge in [0.1, 0.15) is 0 Å². The number of hydrogen-bond acceptors (Lipinski definition) is 6. The summed E-state index contributed by atoms with van der Waals surface area (Å²) in [6.07, 6.45) is 5.30. The summed E-state index contributed by atoms with van der Waals surface area (Å²) in [5.74, 6) is 0.287. The molecular weight excluding hydrogens is 406 g/mol. The third-order valence-corrected chi connectivity index (χ3v) is 6.31. The Bertz CT molecular complexity index is 1100. The first-order chi connectivity index (χ1) is 15.7. The maximum atomic E-state index is 12.8. The van der Waals surface area contributed by atoms with Crippen LogP contribution >= 0.6 is 0 Å². The lowest BCUT2D eigenvalue weighted by atomic mass is 9.96. The van der Waals surface area contributed by atoms with E-state index in [1.165, 1.54) is 41.1 Å². The molecule has 1 saturated heterocycles. The molecular formula is C25H25N3O4. The van der Waals surface area contributed by atoms with Gasteiger partial charge in [-0.3, -0.25) is 9.59 Å². The Morgan fingerprint density at radius 2 is 2.03 bits per heavy atom. The molecule has 1 saturated carbocycles. The van der Waals surface area contributed by atoms with Gasteiger partial charge in [-0.1, -0.05) is 30.7 Å². The van der Waals surface area contributed by atoms with Crippen molar-refractivity contribution >= 4 is 35.9 Å². The number of amidine groups is 1. The lowest BCUT2D eigenvalue weighted by Gasteiger charge is -2.27. The molecule has 0 aromatic heterocycles. The van der Waals surface area contributed by atoms with Gasteiger partial charge in [0, 0.05) is 29.9 Å². The molecule has 164 valence electrons. The molecule has 2 aromatic rings. The van der Waals surface area contributed by atoms with E-state index in [0.717, 1.165) is 5.56 Å². The number of aliphatic imine (C=N–C) groups is 1. The fourth-order valence-corrected chi connectivity index (χ4v) is 5.02. The molecule has 0 bridgehead atoms. The van der Waals surface area contributed by atoms with E-state index < -0.39 is 0 Å². The Balaban J connectivity index is 1.48. The van der Waals surface area contributed by atoms with Crippen molar-refractivity contribution in [3.8, 4) is 0 Å². The molecule has 2 unspecified atom stereocenters. The van der Waals surface area contributed by atoms with E-state index in [4.69, 9.17) is 9.47 Å². The monoisotopic (exact) mass is 431 g/mol. The summed E-state index contributed by atoms with van der Waals surface area (Å²) < 4.78 is 10.5. The fourth-order valence-electron chi connectivity index (χ4n) is 5.02. The molecule has 2 aliphatic heterocycles. The van der Waals surface area contributed by atoms with Gasteiger partial charge in [0.15, 0.2) is 12.5 Å². The first-order valence-corrected chi connectivity index (χ1v) is 11.0. The molecule has 0 radical (unpaired) electrons. The van der Waals surface area contributed by atoms with E-state index in [2.05, 4.69) is 46.3 Å². The first kappa shape index (κ1) is 20.3. The number of carbonyl (C=O) groups is 2. The van der Waals surface area contributed by atoms with E-state index in [1.807, 2.05) is 19.1 Å². The molecule has 0 spiro atoms. The topological polar surface area (TPSA) is 71.4 Å². The summed E-state index contributed by atoms with van der Waals surface area (Å²) in [5.41, 5.74) is 4.68. The summed E-state index contributed by atoms with van der Waals surface area (Å²) in [5, 5.41) is 0. The van der Waals surface area contributed by atoms with Crippen molar-refractivity contribution in [3.05, 3.63) is 65.4 Å². The second-order valence-corrected chi connectivity index (χ2v) is 8.12. The highest BCUT2D eigenvalue weighted by atomic mass is 16.6. The maximum Gasteiger partial charge on any atom is 0.303 e. The van der Waals surface area contributed by atoms with E-state index in [1.54, 1.807) is 6.08 Å². The van der Waals surface area contributed by atoms with Crippen LogP contribution in [0.15, 0.2) is 59.3 Å². The van der Waals surface area contributed by atoms with Gasteiger partial charge in [-0.05, 0) is 61.2 Å². The molecule has 7 nitrogen and oxygen atoms in total. The number of benzene rings is 2. The highest BCUT2D eigenvalue weighted by molar-refractivity contribution is 6.11. The summed E-state index contributed by atoms with van der Waals surface area (Å²) in [6.45, 7) is 2.37. The summed E-state index contributed by atoms with van der Waals surface area (Å²) in [4.78, 5) is 31.3. The second kappa shape index (κ2) is 8.49. The van der Waals surface area contributed by atoms with Gasteiger partial charge in [0.05, 0.1) is 0 Å². The molecule has 5 rings (SSSR count). The van der Waals surface area contributed by atoms with Crippen LogP contribution in [0.4, 0.5) is 11.4 Å². The van der Waals surface area contributed by atoms with Crippen LogP contribution < -0.4 is 4.90 Å². The number of para-hydroxylation sites is 1. The minimum absolute atomic E-state index is 0.151. The molecule has 32 heavy (non-hydrogen) atoms. The van der Waals surface area contributed by atoms with Crippen LogP contribution in [0, 0.1) is 0 Å². The number of ether oxygens (including phenoxy) is 2. The quantitative estimate of drug-likeness (QED) is 0.507. The molecule has 2 aromatic carbocycles.